The number of hydrogen-bond donors (Lipinski definition) is 1. The van der Waals surface area contributed by atoms with Crippen LogP contribution >= 0.6 is 11.6 Å². The Bertz CT molecular complexity index is 1540. The van der Waals surface area contributed by atoms with Gasteiger partial charge in [-0.3, -0.25) is 9.58 Å². The highest BCUT2D eigenvalue weighted by Gasteiger charge is 2.29. The van der Waals surface area contributed by atoms with E-state index in [4.69, 9.17) is 35.6 Å². The topological polar surface area (TPSA) is 127 Å². The number of hydrogen-bond acceptors (Lipinski definition) is 11. The van der Waals surface area contributed by atoms with Crippen LogP contribution in [-0.4, -0.2) is 97.7 Å². The number of methoxy groups -OCH3 is 1. The lowest BCUT2D eigenvalue weighted by Crippen LogP contribution is -2.45. The summed E-state index contributed by atoms with van der Waals surface area (Å²) in [5.41, 5.74) is 2.46. The van der Waals surface area contributed by atoms with E-state index in [0.29, 0.717) is 47.8 Å². The molecule has 1 saturated carbocycles. The van der Waals surface area contributed by atoms with Gasteiger partial charge in [0.15, 0.2) is 0 Å². The first kappa shape index (κ1) is 33.1. The van der Waals surface area contributed by atoms with Gasteiger partial charge in [-0.05, 0) is 57.2 Å². The number of benzene rings is 1. The zero-order valence-electron chi connectivity index (χ0n) is 27.3. The highest BCUT2D eigenvalue weighted by atomic mass is 35.5. The molecule has 0 amide bonds. The van der Waals surface area contributed by atoms with Gasteiger partial charge in [-0.15, -0.1) is 5.10 Å². The van der Waals surface area contributed by atoms with Crippen molar-refractivity contribution >= 4 is 23.2 Å². The lowest BCUT2D eigenvalue weighted by Gasteiger charge is -2.38. The van der Waals surface area contributed by atoms with E-state index in [2.05, 4.69) is 34.9 Å². The molecule has 4 heterocycles. The average molecular weight is 666 g/mol. The Balaban J connectivity index is 1.13. The fourth-order valence-corrected chi connectivity index (χ4v) is 6.34. The van der Waals surface area contributed by atoms with Crippen LogP contribution in [0.2, 0.25) is 5.02 Å². The fourth-order valence-electron chi connectivity index (χ4n) is 6.18. The fraction of sp³-hybridized carbons (Fsp3) is 0.545. The first-order chi connectivity index (χ1) is 22.9. The van der Waals surface area contributed by atoms with E-state index in [-0.39, 0.29) is 12.2 Å². The van der Waals surface area contributed by atoms with Gasteiger partial charge >= 0.3 is 0 Å². The van der Waals surface area contributed by atoms with Crippen LogP contribution in [0, 0.1) is 0 Å². The number of anilines is 2. The van der Waals surface area contributed by atoms with Gasteiger partial charge < -0.3 is 24.3 Å². The lowest BCUT2D eigenvalue weighted by atomic mass is 9.90. The van der Waals surface area contributed by atoms with E-state index >= 15 is 0 Å². The molecular weight excluding hydrogens is 622 g/mol. The number of ether oxygens (including phenoxy) is 4. The monoisotopic (exact) mass is 665 g/mol. The second-order valence-corrected chi connectivity index (χ2v) is 12.7. The van der Waals surface area contributed by atoms with Gasteiger partial charge in [0, 0.05) is 57.2 Å². The first-order valence-corrected chi connectivity index (χ1v) is 16.8. The first-order valence-electron chi connectivity index (χ1n) is 16.4. The van der Waals surface area contributed by atoms with Gasteiger partial charge in [0.1, 0.15) is 30.2 Å². The Kier molecular flexibility index (Phi) is 11.2. The summed E-state index contributed by atoms with van der Waals surface area (Å²) in [6.45, 7) is 8.87. The summed E-state index contributed by atoms with van der Waals surface area (Å²) in [5, 5.41) is 12.9. The Morgan fingerprint density at radius 1 is 1.00 bits per heavy atom. The molecule has 47 heavy (non-hydrogen) atoms. The molecule has 2 fully saturated rings. The van der Waals surface area contributed by atoms with Gasteiger partial charge in [-0.2, -0.15) is 5.10 Å². The van der Waals surface area contributed by atoms with Gasteiger partial charge in [0.2, 0.25) is 5.95 Å². The minimum Gasteiger partial charge on any atom is -0.487 e. The summed E-state index contributed by atoms with van der Waals surface area (Å²) in [5.74, 6) is 1.57. The normalized spacial score (nSPS) is 20.1. The number of rotatable bonds is 14. The Morgan fingerprint density at radius 2 is 1.77 bits per heavy atom. The summed E-state index contributed by atoms with van der Waals surface area (Å²) in [4.78, 5) is 15.8. The van der Waals surface area contributed by atoms with Crippen LogP contribution in [-0.2, 0) is 16.0 Å². The minimum atomic E-state index is -0.165. The third-order valence-electron chi connectivity index (χ3n) is 8.74. The van der Waals surface area contributed by atoms with Crippen molar-refractivity contribution in [3.63, 3.8) is 0 Å². The molecule has 1 unspecified atom stereocenters. The zero-order valence-corrected chi connectivity index (χ0v) is 28.1. The molecule has 0 bridgehead atoms. The standard InChI is InChI=1S/C33H44ClN9O4/c1-23(10-13-44-3)47-32-30(20-43(40-32)28-7-5-27(6-8-28)41-11-14-45-15-12-41)39-33-36-17-26(18-37-33)25-4-9-29(34)31(16-25)46-24(2)19-42-22-35-21-38-42/h4,9,16-18,20-24,27-28H,5-8,10-15,19H2,1-3H3,(H,36,37,39)/t23?,24-,27-,28-/m0/s1. The van der Waals surface area contributed by atoms with Crippen molar-refractivity contribution in [3.8, 4) is 22.8 Å². The molecule has 14 heteroatoms. The van der Waals surface area contributed by atoms with Crippen LogP contribution in [0.5, 0.6) is 11.6 Å². The maximum Gasteiger partial charge on any atom is 0.257 e. The van der Waals surface area contributed by atoms with Gasteiger partial charge in [0.05, 0.1) is 43.1 Å². The highest BCUT2D eigenvalue weighted by molar-refractivity contribution is 6.32. The SMILES string of the molecule is COCCC(C)Oc1nn([C@H]2CC[C@H](N3CCOCC3)CC2)cc1Nc1ncc(-c2ccc(Cl)c(O[C@@H](C)Cn3cncn3)c2)cn1. The third-order valence-corrected chi connectivity index (χ3v) is 9.06. The quantitative estimate of drug-likeness (QED) is 0.186. The van der Waals surface area contributed by atoms with Crippen molar-refractivity contribution < 1.29 is 18.9 Å². The Labute approximate surface area is 280 Å². The van der Waals surface area contributed by atoms with Gasteiger partial charge in [0.25, 0.3) is 5.88 Å². The molecule has 1 aliphatic carbocycles. The number of nitrogens with zero attached hydrogens (tertiary/aromatic N) is 8. The molecule has 6 rings (SSSR count). The van der Waals surface area contributed by atoms with Crippen molar-refractivity contribution in [3.05, 3.63) is 54.5 Å². The van der Waals surface area contributed by atoms with E-state index in [1.54, 1.807) is 30.5 Å². The summed E-state index contributed by atoms with van der Waals surface area (Å²) in [7, 11) is 1.70. The van der Waals surface area contributed by atoms with Crippen molar-refractivity contribution in [1.29, 1.82) is 0 Å². The summed E-state index contributed by atoms with van der Waals surface area (Å²) < 4.78 is 27.0. The molecule has 0 radical (unpaired) electrons. The smallest absolute Gasteiger partial charge is 0.257 e. The zero-order chi connectivity index (χ0) is 32.6. The van der Waals surface area contributed by atoms with Gasteiger partial charge in [-0.25, -0.2) is 19.6 Å². The number of nitrogens with one attached hydrogen (secondary N) is 1. The molecule has 2 aliphatic rings. The highest BCUT2D eigenvalue weighted by Crippen LogP contribution is 2.36. The van der Waals surface area contributed by atoms with E-state index in [1.807, 2.05) is 38.2 Å². The van der Waals surface area contributed by atoms with Crippen LogP contribution < -0.4 is 14.8 Å². The van der Waals surface area contributed by atoms with E-state index in [0.717, 1.165) is 75.2 Å². The summed E-state index contributed by atoms with van der Waals surface area (Å²) >= 11 is 6.47. The van der Waals surface area contributed by atoms with Crippen LogP contribution in [0.3, 0.4) is 0 Å². The summed E-state index contributed by atoms with van der Waals surface area (Å²) in [6, 6.07) is 6.57. The van der Waals surface area contributed by atoms with Crippen LogP contribution in [0.4, 0.5) is 11.6 Å². The lowest BCUT2D eigenvalue weighted by molar-refractivity contribution is 0.00500. The van der Waals surface area contributed by atoms with Crippen LogP contribution in [0.15, 0.2) is 49.4 Å². The molecule has 0 spiro atoms. The molecule has 1 N–H and O–H groups in total. The van der Waals surface area contributed by atoms with Crippen molar-refractivity contribution in [2.75, 3.05) is 45.3 Å². The third kappa shape index (κ3) is 8.78. The Hall–Kier alpha value is -3.78. The second kappa shape index (κ2) is 15.9. The molecule has 1 aliphatic heterocycles. The molecular formula is C33H44ClN9O4. The minimum absolute atomic E-state index is 0.0700. The molecule has 2 atom stereocenters. The van der Waals surface area contributed by atoms with Crippen molar-refractivity contribution in [2.24, 2.45) is 0 Å². The molecule has 13 nitrogen and oxygen atoms in total. The second-order valence-electron chi connectivity index (χ2n) is 12.3. The molecule has 1 aromatic carbocycles. The maximum absolute atomic E-state index is 6.47. The van der Waals surface area contributed by atoms with Crippen molar-refractivity contribution in [2.45, 2.75) is 76.8 Å². The largest absolute Gasteiger partial charge is 0.487 e. The van der Waals surface area contributed by atoms with Crippen LogP contribution in [0.25, 0.3) is 11.1 Å². The van der Waals surface area contributed by atoms with E-state index < -0.39 is 0 Å². The molecule has 1 saturated heterocycles. The van der Waals surface area contributed by atoms with Crippen molar-refractivity contribution in [1.82, 2.24) is 39.4 Å². The predicted octanol–water partition coefficient (Wildman–Crippen LogP) is 5.42. The van der Waals surface area contributed by atoms with Crippen LogP contribution in [0.1, 0.15) is 52.0 Å². The van der Waals surface area contributed by atoms with E-state index in [9.17, 15) is 0 Å². The molecule has 252 valence electrons. The van der Waals surface area contributed by atoms with Gasteiger partial charge in [-0.1, -0.05) is 17.7 Å². The number of aromatic nitrogens is 7. The molecule has 4 aromatic rings. The average Bonchev–Trinajstić information content (AvgIpc) is 3.75. The Morgan fingerprint density at radius 3 is 2.49 bits per heavy atom. The predicted molar refractivity (Wildman–Crippen MR) is 178 cm³/mol. The molecule has 3 aromatic heterocycles. The number of morpholine rings is 1. The number of halogens is 1. The summed E-state index contributed by atoms with van der Waals surface area (Å²) in [6.07, 6.45) is 13.7. The van der Waals surface area contributed by atoms with E-state index in [1.165, 1.54) is 6.33 Å². The maximum atomic E-state index is 6.47.